The molecule has 0 unspecified atom stereocenters. The van der Waals surface area contributed by atoms with Crippen LogP contribution >= 0.6 is 11.9 Å². The summed E-state index contributed by atoms with van der Waals surface area (Å²) in [5.74, 6) is 0.477. The van der Waals surface area contributed by atoms with Gasteiger partial charge in [0, 0.05) is 10.5 Å². The van der Waals surface area contributed by atoms with Crippen molar-refractivity contribution in [2.45, 2.75) is 18.7 Å². The molecule has 2 rings (SSSR count). The number of carbonyl (C=O) groups excluding carboxylic acids is 1. The number of benzene rings is 2. The molecule has 0 bridgehead atoms. The lowest BCUT2D eigenvalue weighted by Gasteiger charge is -2.14. The van der Waals surface area contributed by atoms with E-state index in [-0.39, 0.29) is 5.91 Å². The van der Waals surface area contributed by atoms with Crippen LogP contribution in [-0.4, -0.2) is 19.6 Å². The SMILES string of the molecule is C=C(C)c1ccc(OCC)c(NC(=O)c2cccc(SNC)c2)c1. The van der Waals surface area contributed by atoms with Gasteiger partial charge in [0.15, 0.2) is 0 Å². The summed E-state index contributed by atoms with van der Waals surface area (Å²) in [7, 11) is 1.84. The fraction of sp³-hybridized carbons (Fsp3) is 0.211. The fourth-order valence-electron chi connectivity index (χ4n) is 2.19. The number of amides is 1. The van der Waals surface area contributed by atoms with Gasteiger partial charge in [0.1, 0.15) is 5.75 Å². The monoisotopic (exact) mass is 342 g/mol. The van der Waals surface area contributed by atoms with Crippen molar-refractivity contribution in [2.75, 3.05) is 19.0 Å². The molecule has 0 heterocycles. The lowest BCUT2D eigenvalue weighted by Crippen LogP contribution is -2.13. The smallest absolute Gasteiger partial charge is 0.255 e. The van der Waals surface area contributed by atoms with Gasteiger partial charge in [-0.25, -0.2) is 0 Å². The van der Waals surface area contributed by atoms with Gasteiger partial charge in [-0.15, -0.1) is 0 Å². The van der Waals surface area contributed by atoms with E-state index in [2.05, 4.69) is 16.6 Å². The maximum absolute atomic E-state index is 12.6. The Morgan fingerprint density at radius 1 is 1.21 bits per heavy atom. The lowest BCUT2D eigenvalue weighted by atomic mass is 10.1. The van der Waals surface area contributed by atoms with Crippen molar-refractivity contribution in [3.63, 3.8) is 0 Å². The second-order valence-corrected chi connectivity index (χ2v) is 6.30. The van der Waals surface area contributed by atoms with Crippen LogP contribution in [0.15, 0.2) is 53.9 Å². The van der Waals surface area contributed by atoms with Crippen LogP contribution in [0.25, 0.3) is 5.57 Å². The van der Waals surface area contributed by atoms with E-state index in [4.69, 9.17) is 4.74 Å². The minimum absolute atomic E-state index is 0.173. The van der Waals surface area contributed by atoms with E-state index >= 15 is 0 Å². The predicted octanol–water partition coefficient (Wildman–Crippen LogP) is 4.60. The third-order valence-electron chi connectivity index (χ3n) is 3.34. The van der Waals surface area contributed by atoms with E-state index in [1.165, 1.54) is 11.9 Å². The molecule has 0 aliphatic rings. The number of ether oxygens (including phenoxy) is 1. The average Bonchev–Trinajstić information content (AvgIpc) is 2.57. The molecule has 0 spiro atoms. The van der Waals surface area contributed by atoms with Crippen molar-refractivity contribution < 1.29 is 9.53 Å². The van der Waals surface area contributed by atoms with Crippen LogP contribution in [0, 0.1) is 0 Å². The molecule has 0 saturated carbocycles. The Labute approximate surface area is 147 Å². The third kappa shape index (κ3) is 4.63. The van der Waals surface area contributed by atoms with Gasteiger partial charge in [0.2, 0.25) is 0 Å². The molecule has 2 N–H and O–H groups in total. The van der Waals surface area contributed by atoms with Crippen LogP contribution in [0.3, 0.4) is 0 Å². The van der Waals surface area contributed by atoms with Gasteiger partial charge in [-0.2, -0.15) is 0 Å². The zero-order valence-corrected chi connectivity index (χ0v) is 15.0. The summed E-state index contributed by atoms with van der Waals surface area (Å²) in [4.78, 5) is 13.6. The van der Waals surface area contributed by atoms with Crippen molar-refractivity contribution in [3.8, 4) is 5.75 Å². The highest BCUT2D eigenvalue weighted by molar-refractivity contribution is 7.97. The number of hydrogen-bond donors (Lipinski definition) is 2. The van der Waals surface area contributed by atoms with Crippen LogP contribution in [0.5, 0.6) is 5.75 Å². The van der Waals surface area contributed by atoms with Crippen molar-refractivity contribution in [1.29, 1.82) is 0 Å². The first-order valence-electron chi connectivity index (χ1n) is 7.73. The maximum Gasteiger partial charge on any atom is 0.255 e. The molecule has 24 heavy (non-hydrogen) atoms. The van der Waals surface area contributed by atoms with Gasteiger partial charge in [-0.05, 0) is 68.7 Å². The summed E-state index contributed by atoms with van der Waals surface area (Å²) in [6.45, 7) is 8.32. The molecule has 0 radical (unpaired) electrons. The molecular formula is C19H22N2O2S. The second-order valence-electron chi connectivity index (χ2n) is 5.21. The largest absolute Gasteiger partial charge is 0.492 e. The summed E-state index contributed by atoms with van der Waals surface area (Å²) >= 11 is 1.46. The quantitative estimate of drug-likeness (QED) is 0.722. The first-order valence-corrected chi connectivity index (χ1v) is 8.54. The molecule has 0 fully saturated rings. The molecule has 0 aliphatic heterocycles. The number of nitrogens with one attached hydrogen (secondary N) is 2. The van der Waals surface area contributed by atoms with E-state index in [1.54, 1.807) is 6.07 Å². The molecular weight excluding hydrogens is 320 g/mol. The third-order valence-corrected chi connectivity index (χ3v) is 4.03. The minimum atomic E-state index is -0.173. The van der Waals surface area contributed by atoms with Crippen LogP contribution < -0.4 is 14.8 Å². The van der Waals surface area contributed by atoms with Crippen LogP contribution in [0.1, 0.15) is 29.8 Å². The summed E-state index contributed by atoms with van der Waals surface area (Å²) in [5, 5.41) is 2.94. The Morgan fingerprint density at radius 2 is 2.00 bits per heavy atom. The number of anilines is 1. The van der Waals surface area contributed by atoms with Crippen LogP contribution in [-0.2, 0) is 0 Å². The molecule has 5 heteroatoms. The number of hydrogen-bond acceptors (Lipinski definition) is 4. The number of rotatable bonds is 7. The summed E-state index contributed by atoms with van der Waals surface area (Å²) < 4.78 is 8.61. The highest BCUT2D eigenvalue weighted by atomic mass is 32.2. The van der Waals surface area contributed by atoms with Gasteiger partial charge in [-0.1, -0.05) is 24.3 Å². The second kappa shape index (κ2) is 8.57. The standard InChI is InChI=1S/C19H22N2O2S/c1-5-23-18-10-9-14(13(2)3)12-17(18)21-19(22)15-7-6-8-16(11-15)24-20-4/h6-12,20H,2,5H2,1,3-4H3,(H,21,22). The molecule has 0 atom stereocenters. The van der Waals surface area contributed by atoms with Crippen LogP contribution in [0.4, 0.5) is 5.69 Å². The van der Waals surface area contributed by atoms with Gasteiger partial charge < -0.3 is 10.1 Å². The Morgan fingerprint density at radius 3 is 2.67 bits per heavy atom. The number of carbonyl (C=O) groups is 1. The lowest BCUT2D eigenvalue weighted by molar-refractivity contribution is 0.102. The molecule has 1 amide bonds. The highest BCUT2D eigenvalue weighted by Gasteiger charge is 2.12. The van der Waals surface area contributed by atoms with E-state index < -0.39 is 0 Å². The Hall–Kier alpha value is -2.24. The zero-order valence-electron chi connectivity index (χ0n) is 14.2. The first-order chi connectivity index (χ1) is 11.5. The minimum Gasteiger partial charge on any atom is -0.492 e. The molecule has 2 aromatic carbocycles. The normalized spacial score (nSPS) is 10.3. The highest BCUT2D eigenvalue weighted by Crippen LogP contribution is 2.29. The average molecular weight is 342 g/mol. The van der Waals surface area contributed by atoms with Gasteiger partial charge >= 0.3 is 0 Å². The predicted molar refractivity (Wildman–Crippen MR) is 102 cm³/mol. The van der Waals surface area contributed by atoms with Crippen LogP contribution in [0.2, 0.25) is 0 Å². The number of allylic oxidation sites excluding steroid dienone is 1. The maximum atomic E-state index is 12.6. The molecule has 0 aromatic heterocycles. The molecule has 0 saturated heterocycles. The summed E-state index contributed by atoms with van der Waals surface area (Å²) in [5.41, 5.74) is 3.14. The van der Waals surface area contributed by atoms with Crippen molar-refractivity contribution in [3.05, 3.63) is 60.2 Å². The summed E-state index contributed by atoms with van der Waals surface area (Å²) in [6.07, 6.45) is 0. The fourth-order valence-corrected chi connectivity index (χ4v) is 2.76. The van der Waals surface area contributed by atoms with Gasteiger partial charge in [-0.3, -0.25) is 9.52 Å². The Balaban J connectivity index is 2.28. The summed E-state index contributed by atoms with van der Waals surface area (Å²) in [6, 6.07) is 13.1. The first kappa shape index (κ1) is 18.1. The van der Waals surface area contributed by atoms with Crippen molar-refractivity contribution in [2.24, 2.45) is 0 Å². The van der Waals surface area contributed by atoms with E-state index in [0.717, 1.165) is 16.0 Å². The molecule has 0 aliphatic carbocycles. The Bertz CT molecular complexity index is 744. The van der Waals surface area contributed by atoms with E-state index in [9.17, 15) is 4.79 Å². The van der Waals surface area contributed by atoms with Crippen molar-refractivity contribution in [1.82, 2.24) is 4.72 Å². The molecule has 2 aromatic rings. The molecule has 4 nitrogen and oxygen atoms in total. The van der Waals surface area contributed by atoms with E-state index in [0.29, 0.717) is 23.6 Å². The van der Waals surface area contributed by atoms with E-state index in [1.807, 2.05) is 57.3 Å². The van der Waals surface area contributed by atoms with Crippen molar-refractivity contribution >= 4 is 29.1 Å². The van der Waals surface area contributed by atoms with Gasteiger partial charge in [0.05, 0.1) is 12.3 Å². The topological polar surface area (TPSA) is 50.4 Å². The Kier molecular flexibility index (Phi) is 6.46. The zero-order chi connectivity index (χ0) is 17.5. The molecule has 126 valence electrons. The van der Waals surface area contributed by atoms with Gasteiger partial charge in [0.25, 0.3) is 5.91 Å².